The molecule has 0 saturated heterocycles. The minimum atomic E-state index is -3.08. The first kappa shape index (κ1) is 16.5. The maximum atomic E-state index is 12.0. The average Bonchev–Trinajstić information content (AvgIpc) is 3.11. The molecule has 1 aliphatic heterocycles. The smallest absolute Gasteiger partial charge is 0.214 e. The lowest BCUT2D eigenvalue weighted by Gasteiger charge is -2.35. The first-order chi connectivity index (χ1) is 11.6. The summed E-state index contributed by atoms with van der Waals surface area (Å²) in [4.78, 5) is 2.55. The summed E-state index contributed by atoms with van der Waals surface area (Å²) in [6, 6.07) is 2.37. The second kappa shape index (κ2) is 6.77. The first-order valence-electron chi connectivity index (χ1n) is 9.35. The molecule has 0 bridgehead atoms. The third-order valence-corrected chi connectivity index (χ3v) is 7.64. The highest BCUT2D eigenvalue weighted by Gasteiger charge is 2.35. The van der Waals surface area contributed by atoms with E-state index in [9.17, 15) is 8.42 Å². The van der Waals surface area contributed by atoms with Gasteiger partial charge in [-0.3, -0.25) is 9.58 Å². The fraction of sp³-hybridized carbons (Fsp3) is 0.824. The van der Waals surface area contributed by atoms with Gasteiger partial charge in [-0.2, -0.15) is 5.10 Å². The summed E-state index contributed by atoms with van der Waals surface area (Å²) in [6.45, 7) is 3.65. The highest BCUT2D eigenvalue weighted by atomic mass is 32.2. The number of nitrogens with zero attached hydrogens (tertiary/aromatic N) is 3. The van der Waals surface area contributed by atoms with Crippen LogP contribution in [0.5, 0.6) is 0 Å². The van der Waals surface area contributed by atoms with Gasteiger partial charge in [0.2, 0.25) is 10.0 Å². The van der Waals surface area contributed by atoms with E-state index in [1.54, 1.807) is 0 Å². The molecule has 2 fully saturated rings. The van der Waals surface area contributed by atoms with Gasteiger partial charge in [-0.05, 0) is 44.1 Å². The third-order valence-electron chi connectivity index (χ3n) is 5.69. The monoisotopic (exact) mass is 352 g/mol. The molecule has 2 heterocycles. The summed E-state index contributed by atoms with van der Waals surface area (Å²) in [5, 5.41) is 4.34. The summed E-state index contributed by atoms with van der Waals surface area (Å²) in [5.74, 6) is 0.841. The van der Waals surface area contributed by atoms with Crippen LogP contribution in [-0.2, 0) is 16.6 Å². The molecule has 3 aliphatic rings. The number of aromatic nitrogens is 2. The number of rotatable bonds is 7. The molecule has 0 radical (unpaired) electrons. The van der Waals surface area contributed by atoms with Gasteiger partial charge in [0.1, 0.15) is 0 Å². The molecule has 2 aliphatic carbocycles. The zero-order valence-electron chi connectivity index (χ0n) is 14.2. The maximum absolute atomic E-state index is 12.0. The lowest BCUT2D eigenvalue weighted by Crippen LogP contribution is -2.41. The van der Waals surface area contributed by atoms with Crippen molar-refractivity contribution in [2.24, 2.45) is 5.92 Å². The van der Waals surface area contributed by atoms with E-state index in [0.717, 1.165) is 38.3 Å². The van der Waals surface area contributed by atoms with E-state index < -0.39 is 10.0 Å². The SMILES string of the molecule is O=S(=O)(NCC[C@@H]1CN(CC2CCCC2)Cc2ccnn21)C1CC1. The van der Waals surface area contributed by atoms with Crippen LogP contribution in [0.25, 0.3) is 0 Å². The number of hydrogen-bond acceptors (Lipinski definition) is 4. The predicted molar refractivity (Wildman–Crippen MR) is 93.1 cm³/mol. The second-order valence-corrected chi connectivity index (χ2v) is 9.74. The number of hydrogen-bond donors (Lipinski definition) is 1. The lowest BCUT2D eigenvalue weighted by atomic mass is 10.0. The van der Waals surface area contributed by atoms with Gasteiger partial charge in [0, 0.05) is 32.4 Å². The van der Waals surface area contributed by atoms with Crippen molar-refractivity contribution in [3.63, 3.8) is 0 Å². The average molecular weight is 353 g/mol. The van der Waals surface area contributed by atoms with Gasteiger partial charge in [-0.1, -0.05) is 12.8 Å². The Morgan fingerprint density at radius 1 is 1.21 bits per heavy atom. The molecule has 1 N–H and O–H groups in total. The van der Waals surface area contributed by atoms with Gasteiger partial charge >= 0.3 is 0 Å². The van der Waals surface area contributed by atoms with Crippen molar-refractivity contribution >= 4 is 10.0 Å². The van der Waals surface area contributed by atoms with E-state index in [-0.39, 0.29) is 11.3 Å². The zero-order valence-corrected chi connectivity index (χ0v) is 15.0. The molecule has 6 nitrogen and oxygen atoms in total. The maximum Gasteiger partial charge on any atom is 0.214 e. The second-order valence-electron chi connectivity index (χ2n) is 7.69. The Morgan fingerprint density at radius 2 is 2.00 bits per heavy atom. The number of nitrogens with one attached hydrogen (secondary N) is 1. The molecule has 0 unspecified atom stereocenters. The van der Waals surface area contributed by atoms with Gasteiger partial charge in [-0.25, -0.2) is 13.1 Å². The van der Waals surface area contributed by atoms with Crippen molar-refractivity contribution in [2.45, 2.75) is 62.8 Å². The number of sulfonamides is 1. The molecule has 0 spiro atoms. The van der Waals surface area contributed by atoms with Crippen LogP contribution < -0.4 is 4.72 Å². The fourth-order valence-electron chi connectivity index (χ4n) is 4.24. The first-order valence-corrected chi connectivity index (χ1v) is 10.9. The lowest BCUT2D eigenvalue weighted by molar-refractivity contribution is 0.147. The Morgan fingerprint density at radius 3 is 2.75 bits per heavy atom. The van der Waals surface area contributed by atoms with Crippen LogP contribution in [-0.4, -0.2) is 48.0 Å². The van der Waals surface area contributed by atoms with E-state index in [1.807, 2.05) is 6.20 Å². The molecule has 134 valence electrons. The van der Waals surface area contributed by atoms with Crippen LogP contribution in [0.4, 0.5) is 0 Å². The van der Waals surface area contributed by atoms with Gasteiger partial charge in [0.15, 0.2) is 0 Å². The summed E-state index contributed by atoms with van der Waals surface area (Å²) in [6.07, 6.45) is 9.79. The van der Waals surface area contributed by atoms with Crippen molar-refractivity contribution in [2.75, 3.05) is 19.6 Å². The van der Waals surface area contributed by atoms with Gasteiger partial charge in [0.05, 0.1) is 17.0 Å². The van der Waals surface area contributed by atoms with Crippen LogP contribution in [0.3, 0.4) is 0 Å². The highest BCUT2D eigenvalue weighted by Crippen LogP contribution is 2.30. The summed E-state index contributed by atoms with van der Waals surface area (Å²) < 4.78 is 28.9. The standard InChI is InChI=1S/C17H28N4O2S/c22-24(23,17-5-6-17)19-10-8-16-13-20(11-14-3-1-2-4-14)12-15-7-9-18-21(15)16/h7,9,14,16-17,19H,1-6,8,10-13H2/t16-/m1/s1. The van der Waals surface area contributed by atoms with Gasteiger partial charge < -0.3 is 0 Å². The van der Waals surface area contributed by atoms with E-state index in [2.05, 4.69) is 25.5 Å². The molecule has 1 aromatic heterocycles. The van der Waals surface area contributed by atoms with E-state index in [0.29, 0.717) is 6.54 Å². The minimum absolute atomic E-state index is 0.136. The molecular weight excluding hydrogens is 324 g/mol. The molecular formula is C17H28N4O2S. The van der Waals surface area contributed by atoms with Crippen molar-refractivity contribution in [3.05, 3.63) is 18.0 Å². The Labute approximate surface area is 144 Å². The van der Waals surface area contributed by atoms with Crippen molar-refractivity contribution in [1.29, 1.82) is 0 Å². The van der Waals surface area contributed by atoms with Crippen LogP contribution in [0.2, 0.25) is 0 Å². The normalized spacial score (nSPS) is 25.9. The Kier molecular flexibility index (Phi) is 4.66. The molecule has 1 aromatic rings. The van der Waals surface area contributed by atoms with Gasteiger partial charge in [-0.15, -0.1) is 0 Å². The van der Waals surface area contributed by atoms with E-state index in [4.69, 9.17) is 0 Å². The van der Waals surface area contributed by atoms with Crippen LogP contribution in [0.1, 0.15) is 56.7 Å². The molecule has 2 saturated carbocycles. The Hall–Kier alpha value is -0.920. The quantitative estimate of drug-likeness (QED) is 0.814. The van der Waals surface area contributed by atoms with Crippen LogP contribution in [0, 0.1) is 5.92 Å². The molecule has 1 atom stereocenters. The van der Waals surface area contributed by atoms with E-state index >= 15 is 0 Å². The van der Waals surface area contributed by atoms with Crippen LogP contribution in [0.15, 0.2) is 12.3 Å². The predicted octanol–water partition coefficient (Wildman–Crippen LogP) is 1.90. The fourth-order valence-corrected chi connectivity index (χ4v) is 5.63. The molecule has 7 heteroatoms. The van der Waals surface area contributed by atoms with Crippen LogP contribution >= 0.6 is 0 Å². The third kappa shape index (κ3) is 3.68. The van der Waals surface area contributed by atoms with Crippen molar-refractivity contribution in [1.82, 2.24) is 19.4 Å². The topological polar surface area (TPSA) is 67.2 Å². The summed E-state index contributed by atoms with van der Waals surface area (Å²) in [7, 11) is -3.08. The van der Waals surface area contributed by atoms with Crippen molar-refractivity contribution < 1.29 is 8.42 Å². The van der Waals surface area contributed by atoms with Gasteiger partial charge in [0.25, 0.3) is 0 Å². The van der Waals surface area contributed by atoms with Crippen molar-refractivity contribution in [3.8, 4) is 0 Å². The summed E-state index contributed by atoms with van der Waals surface area (Å²) in [5.41, 5.74) is 1.26. The zero-order chi connectivity index (χ0) is 16.6. The highest BCUT2D eigenvalue weighted by molar-refractivity contribution is 7.90. The molecule has 0 amide bonds. The minimum Gasteiger partial charge on any atom is -0.295 e. The Balaban J connectivity index is 1.36. The molecule has 0 aromatic carbocycles. The Bertz CT molecular complexity index is 662. The summed E-state index contributed by atoms with van der Waals surface area (Å²) >= 11 is 0. The number of fused-ring (bicyclic) bond motifs is 1. The largest absolute Gasteiger partial charge is 0.295 e. The molecule has 4 rings (SSSR count). The molecule has 24 heavy (non-hydrogen) atoms. The van der Waals surface area contributed by atoms with E-state index in [1.165, 1.54) is 37.9 Å².